The van der Waals surface area contributed by atoms with Crippen LogP contribution in [0.3, 0.4) is 0 Å². The number of Topliss-reactive ketones (excluding diaryl/α,β-unsaturated/α-hetero) is 1. The summed E-state index contributed by atoms with van der Waals surface area (Å²) in [6.07, 6.45) is 12.1. The van der Waals surface area contributed by atoms with Crippen LogP contribution in [-0.4, -0.2) is 11.6 Å². The molecule has 0 saturated heterocycles. The van der Waals surface area contributed by atoms with E-state index in [0.717, 1.165) is 32.1 Å². The van der Waals surface area contributed by atoms with Crippen LogP contribution in [0.4, 0.5) is 0 Å². The summed E-state index contributed by atoms with van der Waals surface area (Å²) < 4.78 is 0. The summed E-state index contributed by atoms with van der Waals surface area (Å²) in [4.78, 5) is 24.1. The van der Waals surface area contributed by atoms with Gasteiger partial charge in [-0.05, 0) is 60.5 Å². The van der Waals surface area contributed by atoms with Crippen molar-refractivity contribution in [1.29, 1.82) is 0 Å². The fourth-order valence-electron chi connectivity index (χ4n) is 5.77. The SMILES string of the molecule is C[C@@]12CCC(=O)C=C1C=C[C@@H]1[C@H]2CC[C@]2(C)C(=O)CC[C@@H]12. The van der Waals surface area contributed by atoms with Crippen LogP contribution >= 0.6 is 0 Å². The summed E-state index contributed by atoms with van der Waals surface area (Å²) in [6.45, 7) is 4.56. The Labute approximate surface area is 126 Å². The molecule has 4 rings (SSSR count). The lowest BCUT2D eigenvalue weighted by molar-refractivity contribution is -0.130. The van der Waals surface area contributed by atoms with E-state index in [4.69, 9.17) is 0 Å². The number of rotatable bonds is 0. The van der Waals surface area contributed by atoms with Crippen molar-refractivity contribution in [2.75, 3.05) is 0 Å². The zero-order valence-electron chi connectivity index (χ0n) is 13.0. The maximum atomic E-state index is 12.3. The molecule has 0 heterocycles. The second-order valence-corrected chi connectivity index (χ2v) is 8.05. The number of fused-ring (bicyclic) bond motifs is 5. The van der Waals surface area contributed by atoms with Crippen LogP contribution in [-0.2, 0) is 9.59 Å². The first-order chi connectivity index (χ1) is 9.95. The number of hydrogen-bond donors (Lipinski definition) is 0. The number of carbonyl (C=O) groups excluding carboxylic acids is 2. The van der Waals surface area contributed by atoms with Gasteiger partial charge in [-0.3, -0.25) is 9.59 Å². The van der Waals surface area contributed by atoms with Crippen molar-refractivity contribution in [1.82, 2.24) is 0 Å². The van der Waals surface area contributed by atoms with Gasteiger partial charge in [-0.2, -0.15) is 0 Å². The van der Waals surface area contributed by atoms with Crippen molar-refractivity contribution in [2.24, 2.45) is 28.6 Å². The van der Waals surface area contributed by atoms with E-state index < -0.39 is 0 Å². The molecule has 0 spiro atoms. The molecule has 4 aliphatic rings. The molecule has 2 nitrogen and oxygen atoms in total. The maximum Gasteiger partial charge on any atom is 0.156 e. The van der Waals surface area contributed by atoms with Gasteiger partial charge in [0, 0.05) is 18.3 Å². The van der Waals surface area contributed by atoms with Crippen molar-refractivity contribution in [2.45, 2.75) is 52.4 Å². The Balaban J connectivity index is 1.77. The first-order valence-corrected chi connectivity index (χ1v) is 8.42. The molecule has 112 valence electrons. The normalized spacial score (nSPS) is 48.5. The molecule has 2 heteroatoms. The Bertz CT molecular complexity index is 584. The predicted molar refractivity (Wildman–Crippen MR) is 81.6 cm³/mol. The number of ketones is 2. The largest absolute Gasteiger partial charge is 0.299 e. The van der Waals surface area contributed by atoms with Crippen LogP contribution in [0.1, 0.15) is 52.4 Å². The summed E-state index contributed by atoms with van der Waals surface area (Å²) in [6, 6.07) is 0. The van der Waals surface area contributed by atoms with E-state index in [0.29, 0.717) is 30.0 Å². The Kier molecular flexibility index (Phi) is 2.68. The van der Waals surface area contributed by atoms with Gasteiger partial charge in [0.15, 0.2) is 5.78 Å². The molecule has 0 unspecified atom stereocenters. The number of carbonyl (C=O) groups is 2. The van der Waals surface area contributed by atoms with Gasteiger partial charge in [-0.25, -0.2) is 0 Å². The van der Waals surface area contributed by atoms with E-state index >= 15 is 0 Å². The zero-order valence-corrected chi connectivity index (χ0v) is 13.0. The van der Waals surface area contributed by atoms with Crippen LogP contribution in [0.5, 0.6) is 0 Å². The highest BCUT2D eigenvalue weighted by atomic mass is 16.1. The van der Waals surface area contributed by atoms with E-state index in [2.05, 4.69) is 26.0 Å². The quantitative estimate of drug-likeness (QED) is 0.677. The number of hydrogen-bond acceptors (Lipinski definition) is 2. The molecule has 0 aromatic carbocycles. The molecule has 21 heavy (non-hydrogen) atoms. The molecule has 0 aromatic rings. The molecule has 4 aliphatic carbocycles. The highest BCUT2D eigenvalue weighted by Crippen LogP contribution is 2.62. The summed E-state index contributed by atoms with van der Waals surface area (Å²) in [7, 11) is 0. The lowest BCUT2D eigenvalue weighted by Crippen LogP contribution is -2.49. The van der Waals surface area contributed by atoms with Crippen LogP contribution in [0.25, 0.3) is 0 Å². The lowest BCUT2D eigenvalue weighted by atomic mass is 9.49. The average molecular weight is 284 g/mol. The van der Waals surface area contributed by atoms with Crippen LogP contribution in [0, 0.1) is 28.6 Å². The smallest absolute Gasteiger partial charge is 0.156 e. The highest BCUT2D eigenvalue weighted by Gasteiger charge is 2.57. The minimum absolute atomic E-state index is 0.0758. The van der Waals surface area contributed by atoms with Gasteiger partial charge in [0.05, 0.1) is 0 Å². The molecule has 5 atom stereocenters. The summed E-state index contributed by atoms with van der Waals surface area (Å²) >= 11 is 0. The van der Waals surface area contributed by atoms with Crippen LogP contribution < -0.4 is 0 Å². The molecule has 2 saturated carbocycles. The molecule has 0 bridgehead atoms. The first kappa shape index (κ1) is 13.5. The third-order valence-corrected chi connectivity index (χ3v) is 7.22. The monoisotopic (exact) mass is 284 g/mol. The lowest BCUT2D eigenvalue weighted by Gasteiger charge is -2.54. The number of allylic oxidation sites excluding steroid dienone is 4. The van der Waals surface area contributed by atoms with Gasteiger partial charge in [-0.1, -0.05) is 26.0 Å². The Morgan fingerprint density at radius 3 is 2.57 bits per heavy atom. The fourth-order valence-corrected chi connectivity index (χ4v) is 5.77. The minimum Gasteiger partial charge on any atom is -0.299 e. The van der Waals surface area contributed by atoms with E-state index in [1.54, 1.807) is 0 Å². The molecule has 2 fully saturated rings. The highest BCUT2D eigenvalue weighted by molar-refractivity contribution is 5.92. The van der Waals surface area contributed by atoms with Crippen LogP contribution in [0.2, 0.25) is 0 Å². The summed E-state index contributed by atoms with van der Waals surface area (Å²) in [5.41, 5.74) is 1.32. The third kappa shape index (κ3) is 1.65. The van der Waals surface area contributed by atoms with E-state index in [1.807, 2.05) is 6.08 Å². The zero-order chi connectivity index (χ0) is 14.8. The molecule has 0 N–H and O–H groups in total. The Morgan fingerprint density at radius 1 is 1.00 bits per heavy atom. The van der Waals surface area contributed by atoms with Crippen molar-refractivity contribution >= 4 is 11.6 Å². The molecule has 0 aromatic heterocycles. The molecule has 0 aliphatic heterocycles. The summed E-state index contributed by atoms with van der Waals surface area (Å²) in [5.74, 6) is 2.44. The minimum atomic E-state index is -0.0758. The first-order valence-electron chi connectivity index (χ1n) is 8.42. The topological polar surface area (TPSA) is 34.1 Å². The predicted octanol–water partition coefficient (Wildman–Crippen LogP) is 3.86. The summed E-state index contributed by atoms with van der Waals surface area (Å²) in [5, 5.41) is 0. The molecule has 0 amide bonds. The third-order valence-electron chi connectivity index (χ3n) is 7.22. The van der Waals surface area contributed by atoms with Crippen molar-refractivity contribution in [3.05, 3.63) is 23.8 Å². The second kappa shape index (κ2) is 4.18. The van der Waals surface area contributed by atoms with Gasteiger partial charge >= 0.3 is 0 Å². The second-order valence-electron chi connectivity index (χ2n) is 8.05. The van der Waals surface area contributed by atoms with Gasteiger partial charge in [0.2, 0.25) is 0 Å². The van der Waals surface area contributed by atoms with Gasteiger partial charge < -0.3 is 0 Å². The fraction of sp³-hybridized carbons (Fsp3) is 0.684. The van der Waals surface area contributed by atoms with Crippen molar-refractivity contribution < 1.29 is 9.59 Å². The van der Waals surface area contributed by atoms with E-state index in [9.17, 15) is 9.59 Å². The van der Waals surface area contributed by atoms with E-state index in [-0.39, 0.29) is 16.6 Å². The van der Waals surface area contributed by atoms with Crippen LogP contribution in [0.15, 0.2) is 23.8 Å². The van der Waals surface area contributed by atoms with E-state index in [1.165, 1.54) is 5.57 Å². The van der Waals surface area contributed by atoms with Gasteiger partial charge in [0.25, 0.3) is 0 Å². The van der Waals surface area contributed by atoms with Gasteiger partial charge in [-0.15, -0.1) is 0 Å². The standard InChI is InChI=1S/C19H24O2/c1-18-9-7-13(20)11-12(18)3-4-14-15-5-6-17(21)19(15,2)10-8-16(14)18/h3-4,11,14-16H,5-10H2,1-2H3/t14-,15-,16+,18+,19-/m0/s1. The molecular weight excluding hydrogens is 260 g/mol. The molecule has 0 radical (unpaired) electrons. The maximum absolute atomic E-state index is 12.3. The Hall–Kier alpha value is -1.18. The van der Waals surface area contributed by atoms with Crippen molar-refractivity contribution in [3.8, 4) is 0 Å². The molecular formula is C19H24O2. The Morgan fingerprint density at radius 2 is 1.76 bits per heavy atom. The average Bonchev–Trinajstić information content (AvgIpc) is 2.76. The van der Waals surface area contributed by atoms with Gasteiger partial charge in [0.1, 0.15) is 5.78 Å². The van der Waals surface area contributed by atoms with Crippen molar-refractivity contribution in [3.63, 3.8) is 0 Å².